The molecule has 1 N–H and O–H groups in total. The van der Waals surface area contributed by atoms with Crippen molar-refractivity contribution in [1.29, 1.82) is 0 Å². The Morgan fingerprint density at radius 1 is 0.944 bits per heavy atom. The smallest absolute Gasteiger partial charge is 0.129 e. The average Bonchev–Trinajstić information content (AvgIpc) is 2.35. The molecular weight excluding hydrogens is 227 g/mol. The maximum Gasteiger partial charge on any atom is 0.129 e. The molecule has 1 aromatic rings. The van der Waals surface area contributed by atoms with Crippen LogP contribution in [0.1, 0.15) is 37.7 Å². The number of halogens is 1. The zero-order valence-electron chi connectivity index (χ0n) is 10.5. The van der Waals surface area contributed by atoms with E-state index in [1.165, 1.54) is 12.5 Å². The van der Waals surface area contributed by atoms with Crippen LogP contribution in [-0.4, -0.2) is 5.11 Å². The van der Waals surface area contributed by atoms with Gasteiger partial charge in [-0.15, -0.1) is 0 Å². The molecule has 1 nitrogen and oxygen atoms in total. The molecule has 0 aromatic heterocycles. The average molecular weight is 246 g/mol. The Balaban J connectivity index is 1.81. The quantitative estimate of drug-likeness (QED) is 0.804. The highest BCUT2D eigenvalue weighted by molar-refractivity contribution is 5.29. The topological polar surface area (TPSA) is 20.2 Å². The molecule has 4 aliphatic carbocycles. The van der Waals surface area contributed by atoms with E-state index in [1.807, 2.05) is 6.07 Å². The molecule has 4 fully saturated rings. The molecule has 96 valence electrons. The van der Waals surface area contributed by atoms with Crippen molar-refractivity contribution in [2.45, 2.75) is 37.7 Å². The van der Waals surface area contributed by atoms with Gasteiger partial charge in [0.25, 0.3) is 0 Å². The van der Waals surface area contributed by atoms with Crippen LogP contribution < -0.4 is 0 Å². The molecule has 0 heterocycles. The van der Waals surface area contributed by atoms with Crippen LogP contribution in [0.15, 0.2) is 24.3 Å². The minimum Gasteiger partial charge on any atom is -0.384 e. The Bertz CT molecular complexity index is 454. The summed E-state index contributed by atoms with van der Waals surface area (Å²) in [6, 6.07) is 6.83. The Labute approximate surface area is 107 Å². The summed E-state index contributed by atoms with van der Waals surface area (Å²) in [5, 5.41) is 11.2. The molecule has 4 aliphatic rings. The van der Waals surface area contributed by atoms with E-state index in [9.17, 15) is 9.50 Å². The fourth-order valence-electron chi connectivity index (χ4n) is 5.13. The van der Waals surface area contributed by atoms with Crippen LogP contribution in [0.4, 0.5) is 4.39 Å². The van der Waals surface area contributed by atoms with Crippen molar-refractivity contribution in [3.05, 3.63) is 35.6 Å². The summed E-state index contributed by atoms with van der Waals surface area (Å²) < 4.78 is 14.1. The van der Waals surface area contributed by atoms with Gasteiger partial charge in [-0.1, -0.05) is 18.2 Å². The van der Waals surface area contributed by atoms with Crippen LogP contribution in [-0.2, 0) is 5.60 Å². The van der Waals surface area contributed by atoms with Gasteiger partial charge in [-0.2, -0.15) is 0 Å². The van der Waals surface area contributed by atoms with Gasteiger partial charge in [0.2, 0.25) is 0 Å². The normalized spacial score (nSPS) is 45.4. The first-order valence-corrected chi connectivity index (χ1v) is 7.15. The van der Waals surface area contributed by atoms with Gasteiger partial charge in [0.05, 0.1) is 5.60 Å². The predicted molar refractivity (Wildman–Crippen MR) is 67.3 cm³/mol. The lowest BCUT2D eigenvalue weighted by Gasteiger charge is -2.59. The molecule has 2 heteroatoms. The van der Waals surface area contributed by atoms with E-state index >= 15 is 0 Å². The molecule has 4 saturated carbocycles. The molecule has 0 spiro atoms. The maximum atomic E-state index is 14.1. The second-order valence-corrected chi connectivity index (χ2v) is 6.61. The molecular formula is C16H19FO. The van der Waals surface area contributed by atoms with Crippen LogP contribution in [0.5, 0.6) is 0 Å². The van der Waals surface area contributed by atoms with Gasteiger partial charge < -0.3 is 5.11 Å². The molecule has 0 unspecified atom stereocenters. The fourth-order valence-corrected chi connectivity index (χ4v) is 5.13. The molecule has 4 bridgehead atoms. The Hall–Kier alpha value is -0.890. The number of rotatable bonds is 1. The van der Waals surface area contributed by atoms with Gasteiger partial charge in [0.15, 0.2) is 0 Å². The van der Waals surface area contributed by atoms with Crippen molar-refractivity contribution in [2.75, 3.05) is 0 Å². The van der Waals surface area contributed by atoms with Crippen LogP contribution >= 0.6 is 0 Å². The second kappa shape index (κ2) is 3.57. The zero-order chi connectivity index (χ0) is 12.3. The summed E-state index contributed by atoms with van der Waals surface area (Å²) in [7, 11) is 0. The van der Waals surface area contributed by atoms with Gasteiger partial charge in [-0.3, -0.25) is 0 Å². The number of aliphatic hydroxyl groups is 1. The standard InChI is InChI=1S/C16H19FO/c17-15-4-2-1-3-14(15)16(18)12-6-10-5-11(8-12)9-13(16)7-10/h1-4,10-13,18H,5-9H2. The minimum atomic E-state index is -0.890. The first-order chi connectivity index (χ1) is 8.68. The van der Waals surface area contributed by atoms with E-state index in [1.54, 1.807) is 12.1 Å². The van der Waals surface area contributed by atoms with E-state index in [-0.39, 0.29) is 17.7 Å². The highest BCUT2D eigenvalue weighted by Gasteiger charge is 2.57. The summed E-state index contributed by atoms with van der Waals surface area (Å²) in [5.41, 5.74) is -0.336. The monoisotopic (exact) mass is 246 g/mol. The Morgan fingerprint density at radius 3 is 2.06 bits per heavy atom. The van der Waals surface area contributed by atoms with Crippen molar-refractivity contribution in [1.82, 2.24) is 0 Å². The maximum absolute atomic E-state index is 14.1. The highest BCUT2D eigenvalue weighted by atomic mass is 19.1. The van der Waals surface area contributed by atoms with Crippen molar-refractivity contribution in [2.24, 2.45) is 23.7 Å². The molecule has 5 rings (SSSR count). The largest absolute Gasteiger partial charge is 0.384 e. The molecule has 0 aliphatic heterocycles. The molecule has 18 heavy (non-hydrogen) atoms. The lowest BCUT2D eigenvalue weighted by molar-refractivity contribution is -0.180. The molecule has 0 saturated heterocycles. The highest BCUT2D eigenvalue weighted by Crippen LogP contribution is 2.61. The van der Waals surface area contributed by atoms with E-state index in [4.69, 9.17) is 0 Å². The van der Waals surface area contributed by atoms with Gasteiger partial charge in [0, 0.05) is 5.56 Å². The third kappa shape index (κ3) is 1.30. The minimum absolute atomic E-state index is 0.229. The van der Waals surface area contributed by atoms with Crippen molar-refractivity contribution >= 4 is 0 Å². The van der Waals surface area contributed by atoms with Gasteiger partial charge in [-0.25, -0.2) is 4.39 Å². The predicted octanol–water partition coefficient (Wildman–Crippen LogP) is 3.47. The third-order valence-corrected chi connectivity index (χ3v) is 5.69. The summed E-state index contributed by atoms with van der Waals surface area (Å²) in [6.45, 7) is 0. The summed E-state index contributed by atoms with van der Waals surface area (Å²) in [4.78, 5) is 0. The molecule has 1 aromatic carbocycles. The second-order valence-electron chi connectivity index (χ2n) is 6.61. The van der Waals surface area contributed by atoms with Gasteiger partial charge in [-0.05, 0) is 61.8 Å². The lowest BCUT2D eigenvalue weighted by Crippen LogP contribution is -2.55. The summed E-state index contributed by atoms with van der Waals surface area (Å²) >= 11 is 0. The number of hydrogen-bond donors (Lipinski definition) is 1. The number of hydrogen-bond acceptors (Lipinski definition) is 1. The van der Waals surface area contributed by atoms with Crippen LogP contribution in [0, 0.1) is 29.5 Å². The van der Waals surface area contributed by atoms with E-state index < -0.39 is 5.60 Å². The van der Waals surface area contributed by atoms with Gasteiger partial charge >= 0.3 is 0 Å². The van der Waals surface area contributed by atoms with Crippen LogP contribution in [0.3, 0.4) is 0 Å². The van der Waals surface area contributed by atoms with Gasteiger partial charge in [0.1, 0.15) is 5.82 Å². The Morgan fingerprint density at radius 2 is 1.50 bits per heavy atom. The van der Waals surface area contributed by atoms with Crippen LogP contribution in [0.25, 0.3) is 0 Å². The fraction of sp³-hybridized carbons (Fsp3) is 0.625. The molecule has 0 radical (unpaired) electrons. The third-order valence-electron chi connectivity index (χ3n) is 5.69. The first kappa shape index (κ1) is 11.0. The molecule has 0 amide bonds. The Kier molecular flexibility index (Phi) is 2.18. The summed E-state index contributed by atoms with van der Waals surface area (Å²) in [5.74, 6) is 1.92. The summed E-state index contributed by atoms with van der Waals surface area (Å²) in [6.07, 6.45) is 5.73. The van der Waals surface area contributed by atoms with Crippen LogP contribution in [0.2, 0.25) is 0 Å². The zero-order valence-corrected chi connectivity index (χ0v) is 10.5. The molecule has 0 atom stereocenters. The van der Waals surface area contributed by atoms with Crippen molar-refractivity contribution in [3.63, 3.8) is 0 Å². The SMILES string of the molecule is OC1(c2ccccc2F)C2CC3CC(C2)CC1C3. The lowest BCUT2D eigenvalue weighted by atomic mass is 9.48. The van der Waals surface area contributed by atoms with E-state index in [0.29, 0.717) is 5.56 Å². The van der Waals surface area contributed by atoms with E-state index in [0.717, 1.165) is 37.5 Å². The van der Waals surface area contributed by atoms with Crippen molar-refractivity contribution < 1.29 is 9.50 Å². The number of benzene rings is 1. The first-order valence-electron chi connectivity index (χ1n) is 7.15. The van der Waals surface area contributed by atoms with Crippen molar-refractivity contribution in [3.8, 4) is 0 Å². The van der Waals surface area contributed by atoms with E-state index in [2.05, 4.69) is 0 Å².